The van der Waals surface area contributed by atoms with Gasteiger partial charge in [-0.05, 0) is 36.8 Å². The third-order valence-electron chi connectivity index (χ3n) is 4.00. The largest absolute Gasteiger partial charge is 0.507 e. The summed E-state index contributed by atoms with van der Waals surface area (Å²) in [6.45, 7) is 1.98. The molecule has 1 heterocycles. The number of carbonyl (C=O) groups excluding carboxylic acids is 1. The first-order valence-corrected chi connectivity index (χ1v) is 8.38. The highest BCUT2D eigenvalue weighted by atomic mass is 35.5. The Hall–Kier alpha value is -3.05. The highest BCUT2D eigenvalue weighted by molar-refractivity contribution is 6.30. The summed E-state index contributed by atoms with van der Waals surface area (Å²) < 4.78 is 1.45. The molecule has 0 spiro atoms. The van der Waals surface area contributed by atoms with Crippen molar-refractivity contribution in [1.82, 2.24) is 4.57 Å². The van der Waals surface area contributed by atoms with E-state index >= 15 is 0 Å². The van der Waals surface area contributed by atoms with Gasteiger partial charge in [0.15, 0.2) is 0 Å². The zero-order valence-electron chi connectivity index (χ0n) is 14.1. The molecule has 0 aliphatic carbocycles. The zero-order valence-corrected chi connectivity index (χ0v) is 14.8. The van der Waals surface area contributed by atoms with Crippen molar-refractivity contribution in [2.45, 2.75) is 13.5 Å². The average Bonchev–Trinajstić information content (AvgIpc) is 2.61. The van der Waals surface area contributed by atoms with Crippen LogP contribution in [0.15, 0.2) is 65.5 Å². The Labute approximate surface area is 155 Å². The summed E-state index contributed by atoms with van der Waals surface area (Å²) >= 11 is 5.89. The number of aromatic nitrogens is 1. The fourth-order valence-electron chi connectivity index (χ4n) is 2.65. The van der Waals surface area contributed by atoms with Gasteiger partial charge in [-0.3, -0.25) is 9.59 Å². The highest BCUT2D eigenvalue weighted by Crippen LogP contribution is 2.18. The van der Waals surface area contributed by atoms with Gasteiger partial charge in [-0.25, -0.2) is 0 Å². The van der Waals surface area contributed by atoms with Crippen molar-refractivity contribution in [2.75, 3.05) is 5.32 Å². The number of anilines is 1. The van der Waals surface area contributed by atoms with Crippen molar-refractivity contribution >= 4 is 23.2 Å². The molecule has 1 amide bonds. The van der Waals surface area contributed by atoms with Crippen LogP contribution >= 0.6 is 11.6 Å². The van der Waals surface area contributed by atoms with E-state index in [-0.39, 0.29) is 17.9 Å². The monoisotopic (exact) mass is 368 g/mol. The lowest BCUT2D eigenvalue weighted by atomic mass is 10.1. The summed E-state index contributed by atoms with van der Waals surface area (Å²) in [5, 5.41) is 13.4. The van der Waals surface area contributed by atoms with Gasteiger partial charge in [-0.2, -0.15) is 0 Å². The number of aromatic hydroxyl groups is 1. The first kappa shape index (κ1) is 17.8. The van der Waals surface area contributed by atoms with Gasteiger partial charge < -0.3 is 15.0 Å². The minimum Gasteiger partial charge on any atom is -0.507 e. The number of para-hydroxylation sites is 1. The number of pyridine rings is 1. The molecule has 6 heteroatoms. The fourth-order valence-corrected chi connectivity index (χ4v) is 2.78. The standard InChI is InChI=1S/C20H17ClN2O3/c1-13-11-17(24)18(19(25)22-16-5-3-2-4-6-16)20(26)23(13)12-14-7-9-15(21)10-8-14/h2-11,24H,12H2,1H3,(H,22,25). The predicted octanol–water partition coefficient (Wildman–Crippen LogP) is 3.82. The number of rotatable bonds is 4. The van der Waals surface area contributed by atoms with Gasteiger partial charge in [0, 0.05) is 22.5 Å². The van der Waals surface area contributed by atoms with E-state index in [0.29, 0.717) is 16.4 Å². The molecule has 2 N–H and O–H groups in total. The zero-order chi connectivity index (χ0) is 18.7. The number of halogens is 1. The van der Waals surface area contributed by atoms with Gasteiger partial charge >= 0.3 is 0 Å². The van der Waals surface area contributed by atoms with Gasteiger partial charge in [0.25, 0.3) is 11.5 Å². The molecule has 0 bridgehead atoms. The molecule has 5 nitrogen and oxygen atoms in total. The molecule has 0 unspecified atom stereocenters. The third-order valence-corrected chi connectivity index (χ3v) is 4.25. The molecule has 0 radical (unpaired) electrons. The van der Waals surface area contributed by atoms with Crippen LogP contribution in [-0.2, 0) is 6.54 Å². The van der Waals surface area contributed by atoms with E-state index in [4.69, 9.17) is 11.6 Å². The Morgan fingerprint density at radius 2 is 1.77 bits per heavy atom. The first-order valence-electron chi connectivity index (χ1n) is 8.00. The molecule has 2 aromatic carbocycles. The summed E-state index contributed by atoms with van der Waals surface area (Å²) in [6, 6.07) is 17.3. The highest BCUT2D eigenvalue weighted by Gasteiger charge is 2.20. The number of nitrogens with zero attached hydrogens (tertiary/aromatic N) is 1. The maximum absolute atomic E-state index is 12.8. The van der Waals surface area contributed by atoms with Crippen molar-refractivity contribution < 1.29 is 9.90 Å². The SMILES string of the molecule is Cc1cc(O)c(C(=O)Nc2ccccc2)c(=O)n1Cc1ccc(Cl)cc1. The van der Waals surface area contributed by atoms with Gasteiger partial charge in [0.1, 0.15) is 11.3 Å². The number of carbonyl (C=O) groups is 1. The second-order valence-electron chi connectivity index (χ2n) is 5.88. The number of hydrogen-bond acceptors (Lipinski definition) is 3. The summed E-state index contributed by atoms with van der Waals surface area (Å²) in [7, 11) is 0. The summed E-state index contributed by atoms with van der Waals surface area (Å²) in [5.74, 6) is -0.989. The van der Waals surface area contributed by atoms with Gasteiger partial charge in [-0.15, -0.1) is 0 Å². The summed E-state index contributed by atoms with van der Waals surface area (Å²) in [5.41, 5.74) is 1.12. The van der Waals surface area contributed by atoms with Crippen LogP contribution in [-0.4, -0.2) is 15.6 Å². The van der Waals surface area contributed by atoms with Crippen LogP contribution in [0.2, 0.25) is 5.02 Å². The molecule has 0 saturated heterocycles. The van der Waals surface area contributed by atoms with Crippen molar-refractivity contribution in [3.63, 3.8) is 0 Å². The molecule has 0 fully saturated rings. The quantitative estimate of drug-likeness (QED) is 0.735. The minimum absolute atomic E-state index is 0.272. The van der Waals surface area contributed by atoms with Gasteiger partial charge in [0.05, 0.1) is 6.54 Å². The van der Waals surface area contributed by atoms with Crippen LogP contribution < -0.4 is 10.9 Å². The van der Waals surface area contributed by atoms with Crippen LogP contribution in [0.3, 0.4) is 0 Å². The second-order valence-corrected chi connectivity index (χ2v) is 6.32. The Morgan fingerprint density at radius 3 is 2.42 bits per heavy atom. The Kier molecular flexibility index (Phi) is 5.09. The van der Waals surface area contributed by atoms with Gasteiger partial charge in [0.2, 0.25) is 0 Å². The fraction of sp³-hybridized carbons (Fsp3) is 0.100. The van der Waals surface area contributed by atoms with Crippen molar-refractivity contribution in [1.29, 1.82) is 0 Å². The van der Waals surface area contributed by atoms with Crippen molar-refractivity contribution in [2.24, 2.45) is 0 Å². The van der Waals surface area contributed by atoms with Gasteiger partial charge in [-0.1, -0.05) is 41.9 Å². The maximum atomic E-state index is 12.8. The van der Waals surface area contributed by atoms with E-state index in [1.54, 1.807) is 43.3 Å². The minimum atomic E-state index is -0.649. The van der Waals surface area contributed by atoms with E-state index < -0.39 is 11.5 Å². The average molecular weight is 369 g/mol. The lowest BCUT2D eigenvalue weighted by molar-refractivity contribution is 0.102. The van der Waals surface area contributed by atoms with E-state index in [2.05, 4.69) is 5.32 Å². The molecule has 132 valence electrons. The Morgan fingerprint density at radius 1 is 1.12 bits per heavy atom. The van der Waals surface area contributed by atoms with E-state index in [1.807, 2.05) is 18.2 Å². The van der Waals surface area contributed by atoms with Crippen LogP contribution in [0, 0.1) is 6.92 Å². The molecule has 3 aromatic rings. The maximum Gasteiger partial charge on any atom is 0.267 e. The van der Waals surface area contributed by atoms with E-state index in [1.165, 1.54) is 10.6 Å². The van der Waals surface area contributed by atoms with E-state index in [0.717, 1.165) is 5.56 Å². The molecular weight excluding hydrogens is 352 g/mol. The van der Waals surface area contributed by atoms with Crippen molar-refractivity contribution in [3.8, 4) is 5.75 Å². The number of aryl methyl sites for hydroxylation is 1. The summed E-state index contributed by atoms with van der Waals surface area (Å²) in [4.78, 5) is 25.3. The van der Waals surface area contributed by atoms with Crippen LogP contribution in [0.1, 0.15) is 21.6 Å². The Bertz CT molecular complexity index is 996. The molecule has 26 heavy (non-hydrogen) atoms. The first-order chi connectivity index (χ1) is 12.5. The second kappa shape index (κ2) is 7.45. The van der Waals surface area contributed by atoms with E-state index in [9.17, 15) is 14.7 Å². The summed E-state index contributed by atoms with van der Waals surface area (Å²) in [6.07, 6.45) is 0. The third kappa shape index (κ3) is 3.78. The van der Waals surface area contributed by atoms with Crippen molar-refractivity contribution in [3.05, 3.63) is 92.9 Å². The molecule has 1 aromatic heterocycles. The smallest absolute Gasteiger partial charge is 0.267 e. The molecule has 0 saturated carbocycles. The molecular formula is C20H17ClN2O3. The molecule has 3 rings (SSSR count). The number of amides is 1. The number of nitrogens with one attached hydrogen (secondary N) is 1. The van der Waals surface area contributed by atoms with Crippen LogP contribution in [0.4, 0.5) is 5.69 Å². The Balaban J connectivity index is 1.97. The lowest BCUT2D eigenvalue weighted by Crippen LogP contribution is -2.31. The molecule has 0 aliphatic rings. The predicted molar refractivity (Wildman–Crippen MR) is 102 cm³/mol. The lowest BCUT2D eigenvalue weighted by Gasteiger charge is -2.14. The normalized spacial score (nSPS) is 10.5. The number of benzene rings is 2. The molecule has 0 aliphatic heterocycles. The van der Waals surface area contributed by atoms with Crippen LogP contribution in [0.5, 0.6) is 5.75 Å². The van der Waals surface area contributed by atoms with Crippen LogP contribution in [0.25, 0.3) is 0 Å². The number of hydrogen-bond donors (Lipinski definition) is 2. The topological polar surface area (TPSA) is 71.3 Å². The molecule has 0 atom stereocenters.